The lowest BCUT2D eigenvalue weighted by atomic mass is 10.00. The number of rotatable bonds is 4. The van der Waals surface area contributed by atoms with Gasteiger partial charge in [-0.2, -0.15) is 0 Å². The van der Waals surface area contributed by atoms with E-state index >= 15 is 0 Å². The van der Waals surface area contributed by atoms with Crippen LogP contribution in [0.15, 0.2) is 42.5 Å². The van der Waals surface area contributed by atoms with Gasteiger partial charge in [0.1, 0.15) is 11.9 Å². The molecule has 100 valence electrons. The summed E-state index contributed by atoms with van der Waals surface area (Å²) in [5, 5.41) is 10.9. The molecule has 0 saturated carbocycles. The second-order valence-electron chi connectivity index (χ2n) is 4.18. The molecule has 0 bridgehead atoms. The van der Waals surface area contributed by atoms with Gasteiger partial charge >= 0.3 is 0 Å². The standard InChI is InChI=1S/C15H16ClNO2/c1-2-19-12-5-3-4-10(8-12)15(18)13-7-6-11(16)9-14(13)17/h3-9,15,18H,2,17H2,1H3. The smallest absolute Gasteiger partial charge is 0.119 e. The Morgan fingerprint density at radius 3 is 2.74 bits per heavy atom. The van der Waals surface area contributed by atoms with Gasteiger partial charge < -0.3 is 15.6 Å². The van der Waals surface area contributed by atoms with Gasteiger partial charge in [0.15, 0.2) is 0 Å². The monoisotopic (exact) mass is 277 g/mol. The Labute approximate surface area is 117 Å². The van der Waals surface area contributed by atoms with E-state index in [1.165, 1.54) is 0 Å². The van der Waals surface area contributed by atoms with Crippen molar-refractivity contribution < 1.29 is 9.84 Å². The first kappa shape index (κ1) is 13.7. The summed E-state index contributed by atoms with van der Waals surface area (Å²) in [6.45, 7) is 2.50. The molecule has 0 aliphatic rings. The summed E-state index contributed by atoms with van der Waals surface area (Å²) in [5.74, 6) is 0.728. The third-order valence-corrected chi connectivity index (χ3v) is 3.06. The van der Waals surface area contributed by atoms with Gasteiger partial charge in [-0.05, 0) is 36.8 Å². The topological polar surface area (TPSA) is 55.5 Å². The lowest BCUT2D eigenvalue weighted by molar-refractivity contribution is 0.220. The quantitative estimate of drug-likeness (QED) is 0.842. The fraction of sp³-hybridized carbons (Fsp3) is 0.200. The van der Waals surface area contributed by atoms with Crippen LogP contribution in [0, 0.1) is 0 Å². The highest BCUT2D eigenvalue weighted by Gasteiger charge is 2.14. The number of nitrogens with two attached hydrogens (primary N) is 1. The van der Waals surface area contributed by atoms with E-state index in [4.69, 9.17) is 22.1 Å². The number of hydrogen-bond donors (Lipinski definition) is 2. The van der Waals surface area contributed by atoms with E-state index in [0.29, 0.717) is 22.9 Å². The maximum atomic E-state index is 10.4. The van der Waals surface area contributed by atoms with Gasteiger partial charge in [-0.3, -0.25) is 0 Å². The van der Waals surface area contributed by atoms with E-state index < -0.39 is 6.10 Å². The molecule has 1 unspecified atom stereocenters. The number of aliphatic hydroxyl groups excluding tert-OH is 1. The normalized spacial score (nSPS) is 12.2. The largest absolute Gasteiger partial charge is 0.494 e. The molecule has 0 heterocycles. The molecule has 0 aliphatic carbocycles. The number of halogens is 1. The average Bonchev–Trinajstić information content (AvgIpc) is 2.39. The number of nitrogen functional groups attached to an aromatic ring is 1. The average molecular weight is 278 g/mol. The molecule has 19 heavy (non-hydrogen) atoms. The van der Waals surface area contributed by atoms with Gasteiger partial charge in [0.2, 0.25) is 0 Å². The summed E-state index contributed by atoms with van der Waals surface area (Å²) in [5.41, 5.74) is 7.73. The van der Waals surface area contributed by atoms with Crippen molar-refractivity contribution in [2.45, 2.75) is 13.0 Å². The summed E-state index contributed by atoms with van der Waals surface area (Å²) in [6, 6.07) is 12.4. The number of ether oxygens (including phenoxy) is 1. The fourth-order valence-electron chi connectivity index (χ4n) is 1.92. The maximum Gasteiger partial charge on any atom is 0.119 e. The lowest BCUT2D eigenvalue weighted by Crippen LogP contribution is -2.04. The van der Waals surface area contributed by atoms with Crippen LogP contribution in [0.4, 0.5) is 5.69 Å². The summed E-state index contributed by atoms with van der Waals surface area (Å²) in [4.78, 5) is 0. The second-order valence-corrected chi connectivity index (χ2v) is 4.62. The van der Waals surface area contributed by atoms with Crippen LogP contribution in [0.25, 0.3) is 0 Å². The minimum Gasteiger partial charge on any atom is -0.494 e. The number of benzene rings is 2. The van der Waals surface area contributed by atoms with E-state index in [1.54, 1.807) is 18.2 Å². The minimum absolute atomic E-state index is 0.474. The maximum absolute atomic E-state index is 10.4. The first-order chi connectivity index (χ1) is 9.11. The van der Waals surface area contributed by atoms with Crippen molar-refractivity contribution in [3.8, 4) is 5.75 Å². The van der Waals surface area contributed by atoms with E-state index in [0.717, 1.165) is 11.3 Å². The first-order valence-electron chi connectivity index (χ1n) is 6.07. The molecule has 0 aromatic heterocycles. The lowest BCUT2D eigenvalue weighted by Gasteiger charge is -2.15. The van der Waals surface area contributed by atoms with Gasteiger partial charge in [0, 0.05) is 16.3 Å². The highest BCUT2D eigenvalue weighted by molar-refractivity contribution is 6.30. The molecule has 1 atom stereocenters. The molecule has 4 heteroatoms. The van der Waals surface area contributed by atoms with Crippen LogP contribution in [0.3, 0.4) is 0 Å². The predicted octanol–water partition coefficient (Wildman–Crippen LogP) is 3.40. The Morgan fingerprint density at radius 1 is 1.26 bits per heavy atom. The predicted molar refractivity (Wildman–Crippen MR) is 77.5 cm³/mol. The molecule has 3 nitrogen and oxygen atoms in total. The molecule has 0 aliphatic heterocycles. The van der Waals surface area contributed by atoms with E-state index in [9.17, 15) is 5.11 Å². The zero-order valence-electron chi connectivity index (χ0n) is 10.6. The van der Waals surface area contributed by atoms with Gasteiger partial charge in [-0.15, -0.1) is 0 Å². The zero-order chi connectivity index (χ0) is 13.8. The summed E-state index contributed by atoms with van der Waals surface area (Å²) >= 11 is 5.85. The molecule has 0 fully saturated rings. The minimum atomic E-state index is -0.794. The van der Waals surface area contributed by atoms with Crippen LogP contribution in [0.1, 0.15) is 24.2 Å². The van der Waals surface area contributed by atoms with Crippen LogP contribution in [0.5, 0.6) is 5.75 Å². The molecule has 0 spiro atoms. The number of hydrogen-bond acceptors (Lipinski definition) is 3. The van der Waals surface area contributed by atoms with Crippen molar-refractivity contribution in [2.24, 2.45) is 0 Å². The highest BCUT2D eigenvalue weighted by Crippen LogP contribution is 2.30. The van der Waals surface area contributed by atoms with Crippen molar-refractivity contribution in [3.63, 3.8) is 0 Å². The Bertz CT molecular complexity index is 572. The molecule has 2 rings (SSSR count). The number of aliphatic hydroxyl groups is 1. The molecule has 3 N–H and O–H groups in total. The van der Waals surface area contributed by atoms with Crippen molar-refractivity contribution >= 4 is 17.3 Å². The van der Waals surface area contributed by atoms with Crippen LogP contribution < -0.4 is 10.5 Å². The third kappa shape index (κ3) is 3.19. The Kier molecular flexibility index (Phi) is 4.30. The molecule has 2 aromatic carbocycles. The molecule has 0 amide bonds. The van der Waals surface area contributed by atoms with Crippen LogP contribution >= 0.6 is 11.6 Å². The zero-order valence-corrected chi connectivity index (χ0v) is 11.4. The third-order valence-electron chi connectivity index (χ3n) is 2.83. The van der Waals surface area contributed by atoms with Crippen molar-refractivity contribution in [2.75, 3.05) is 12.3 Å². The second kappa shape index (κ2) is 5.95. The fourth-order valence-corrected chi connectivity index (χ4v) is 2.10. The first-order valence-corrected chi connectivity index (χ1v) is 6.45. The molecule has 2 aromatic rings. The molecular formula is C15H16ClNO2. The van der Waals surface area contributed by atoms with Crippen molar-refractivity contribution in [1.82, 2.24) is 0 Å². The van der Waals surface area contributed by atoms with Crippen LogP contribution in [0.2, 0.25) is 5.02 Å². The van der Waals surface area contributed by atoms with Crippen molar-refractivity contribution in [1.29, 1.82) is 0 Å². The Balaban J connectivity index is 2.32. The van der Waals surface area contributed by atoms with Crippen LogP contribution in [-0.4, -0.2) is 11.7 Å². The Hall–Kier alpha value is -1.71. The number of anilines is 1. The Morgan fingerprint density at radius 2 is 2.05 bits per heavy atom. The van der Waals surface area contributed by atoms with Gasteiger partial charge in [0.05, 0.1) is 6.61 Å². The SMILES string of the molecule is CCOc1cccc(C(O)c2ccc(Cl)cc2N)c1. The van der Waals surface area contributed by atoms with Gasteiger partial charge in [-0.25, -0.2) is 0 Å². The van der Waals surface area contributed by atoms with E-state index in [-0.39, 0.29) is 0 Å². The molecule has 0 saturated heterocycles. The highest BCUT2D eigenvalue weighted by atomic mass is 35.5. The van der Waals surface area contributed by atoms with E-state index in [2.05, 4.69) is 0 Å². The van der Waals surface area contributed by atoms with Gasteiger partial charge in [0.25, 0.3) is 0 Å². The summed E-state index contributed by atoms with van der Waals surface area (Å²) in [6.07, 6.45) is -0.794. The summed E-state index contributed by atoms with van der Waals surface area (Å²) < 4.78 is 5.42. The van der Waals surface area contributed by atoms with E-state index in [1.807, 2.05) is 31.2 Å². The van der Waals surface area contributed by atoms with Gasteiger partial charge in [-0.1, -0.05) is 29.8 Å². The van der Waals surface area contributed by atoms with Crippen LogP contribution in [-0.2, 0) is 0 Å². The molecule has 0 radical (unpaired) electrons. The molecular weight excluding hydrogens is 262 g/mol. The summed E-state index contributed by atoms with van der Waals surface area (Å²) in [7, 11) is 0. The van der Waals surface area contributed by atoms with Crippen molar-refractivity contribution in [3.05, 3.63) is 58.6 Å².